The van der Waals surface area contributed by atoms with Gasteiger partial charge in [0.25, 0.3) is 0 Å². The van der Waals surface area contributed by atoms with Crippen molar-refractivity contribution < 1.29 is 4.39 Å². The molecule has 0 saturated carbocycles. The van der Waals surface area contributed by atoms with E-state index in [4.69, 9.17) is 5.73 Å². The zero-order valence-electron chi connectivity index (χ0n) is 8.88. The van der Waals surface area contributed by atoms with Crippen LogP contribution in [0.4, 0.5) is 10.1 Å². The zero-order valence-corrected chi connectivity index (χ0v) is 8.88. The second kappa shape index (κ2) is 4.62. The van der Waals surface area contributed by atoms with Gasteiger partial charge in [-0.15, -0.1) is 0 Å². The lowest BCUT2D eigenvalue weighted by molar-refractivity contribution is 0.575. The molecule has 0 aromatic heterocycles. The normalized spacial score (nSPS) is 16.8. The Hall–Kier alpha value is -1.09. The standard InChI is InChI=1S/C12H17FN2/c13-12-5-4-11(8-10(12)9-14)15-6-2-1-3-7-15/h4-5,8H,1-3,6-7,9,14H2. The predicted octanol–water partition coefficient (Wildman–Crippen LogP) is 2.27. The number of rotatable bonds is 2. The Morgan fingerprint density at radius 1 is 1.20 bits per heavy atom. The largest absolute Gasteiger partial charge is 0.372 e. The number of halogens is 1. The van der Waals surface area contributed by atoms with Crippen molar-refractivity contribution >= 4 is 5.69 Å². The van der Waals surface area contributed by atoms with Gasteiger partial charge in [0, 0.05) is 30.9 Å². The molecule has 1 aromatic rings. The van der Waals surface area contributed by atoms with Gasteiger partial charge < -0.3 is 10.6 Å². The molecule has 2 N–H and O–H groups in total. The van der Waals surface area contributed by atoms with Crippen molar-refractivity contribution in [1.82, 2.24) is 0 Å². The van der Waals surface area contributed by atoms with Crippen molar-refractivity contribution in [2.45, 2.75) is 25.8 Å². The first-order valence-corrected chi connectivity index (χ1v) is 5.54. The fourth-order valence-corrected chi connectivity index (χ4v) is 2.07. The molecule has 1 heterocycles. The third-order valence-electron chi connectivity index (χ3n) is 2.97. The van der Waals surface area contributed by atoms with Crippen LogP contribution in [0, 0.1) is 5.82 Å². The Balaban J connectivity index is 2.20. The third-order valence-corrected chi connectivity index (χ3v) is 2.97. The van der Waals surface area contributed by atoms with E-state index in [9.17, 15) is 4.39 Å². The molecule has 15 heavy (non-hydrogen) atoms. The van der Waals surface area contributed by atoms with Crippen molar-refractivity contribution in [3.8, 4) is 0 Å². The molecule has 0 radical (unpaired) electrons. The Morgan fingerprint density at radius 2 is 1.93 bits per heavy atom. The van der Waals surface area contributed by atoms with Crippen molar-refractivity contribution in [3.63, 3.8) is 0 Å². The van der Waals surface area contributed by atoms with E-state index < -0.39 is 0 Å². The van der Waals surface area contributed by atoms with E-state index in [2.05, 4.69) is 4.90 Å². The van der Waals surface area contributed by atoms with E-state index in [1.54, 1.807) is 0 Å². The van der Waals surface area contributed by atoms with Crippen LogP contribution in [0.3, 0.4) is 0 Å². The first-order chi connectivity index (χ1) is 7.31. The Morgan fingerprint density at radius 3 is 2.60 bits per heavy atom. The van der Waals surface area contributed by atoms with Crippen molar-refractivity contribution in [3.05, 3.63) is 29.6 Å². The molecule has 0 unspecified atom stereocenters. The molecule has 1 aliphatic heterocycles. The summed E-state index contributed by atoms with van der Waals surface area (Å²) in [5.74, 6) is -0.196. The Kier molecular flexibility index (Phi) is 3.21. The molecule has 1 fully saturated rings. The highest BCUT2D eigenvalue weighted by Gasteiger charge is 2.12. The molecule has 0 aliphatic carbocycles. The summed E-state index contributed by atoms with van der Waals surface area (Å²) in [6.07, 6.45) is 3.77. The lowest BCUT2D eigenvalue weighted by Gasteiger charge is -2.29. The second-order valence-corrected chi connectivity index (χ2v) is 4.03. The van der Waals surface area contributed by atoms with Gasteiger partial charge in [0.15, 0.2) is 0 Å². The molecule has 0 spiro atoms. The Labute approximate surface area is 89.9 Å². The van der Waals surface area contributed by atoms with E-state index in [1.807, 2.05) is 12.1 Å². The lowest BCUT2D eigenvalue weighted by atomic mass is 10.1. The molecule has 2 rings (SSSR count). The van der Waals surface area contributed by atoms with Crippen LogP contribution in [0.5, 0.6) is 0 Å². The smallest absolute Gasteiger partial charge is 0.127 e. The van der Waals surface area contributed by atoms with Gasteiger partial charge in [0.2, 0.25) is 0 Å². The maximum atomic E-state index is 13.2. The monoisotopic (exact) mass is 208 g/mol. The average Bonchev–Trinajstić information content (AvgIpc) is 2.31. The average molecular weight is 208 g/mol. The summed E-state index contributed by atoms with van der Waals surface area (Å²) < 4.78 is 13.2. The van der Waals surface area contributed by atoms with Crippen molar-refractivity contribution in [2.75, 3.05) is 18.0 Å². The lowest BCUT2D eigenvalue weighted by Crippen LogP contribution is -2.29. The van der Waals surface area contributed by atoms with E-state index in [-0.39, 0.29) is 12.4 Å². The molecule has 82 valence electrons. The molecule has 2 nitrogen and oxygen atoms in total. The summed E-state index contributed by atoms with van der Waals surface area (Å²) in [6, 6.07) is 5.24. The summed E-state index contributed by atoms with van der Waals surface area (Å²) in [7, 11) is 0. The zero-order chi connectivity index (χ0) is 10.7. The van der Waals surface area contributed by atoms with E-state index in [0.29, 0.717) is 5.56 Å². The van der Waals surface area contributed by atoms with Crippen molar-refractivity contribution in [1.29, 1.82) is 0 Å². The van der Waals surface area contributed by atoms with Gasteiger partial charge in [-0.2, -0.15) is 0 Å². The van der Waals surface area contributed by atoms with E-state index in [0.717, 1.165) is 18.8 Å². The fraction of sp³-hybridized carbons (Fsp3) is 0.500. The van der Waals surface area contributed by atoms with E-state index >= 15 is 0 Å². The third kappa shape index (κ3) is 2.29. The molecule has 0 amide bonds. The number of nitrogens with zero attached hydrogens (tertiary/aromatic N) is 1. The molecule has 1 aromatic carbocycles. The van der Waals surface area contributed by atoms with Crippen LogP contribution < -0.4 is 10.6 Å². The molecule has 3 heteroatoms. The Bertz CT molecular complexity index is 332. The number of piperidine rings is 1. The van der Waals surface area contributed by atoms with Gasteiger partial charge in [0.1, 0.15) is 5.82 Å². The quantitative estimate of drug-likeness (QED) is 0.808. The summed E-state index contributed by atoms with van der Waals surface area (Å²) in [6.45, 7) is 2.43. The molecule has 0 atom stereocenters. The second-order valence-electron chi connectivity index (χ2n) is 4.03. The highest BCUT2D eigenvalue weighted by atomic mass is 19.1. The predicted molar refractivity (Wildman–Crippen MR) is 60.4 cm³/mol. The minimum atomic E-state index is -0.196. The van der Waals surface area contributed by atoms with Gasteiger partial charge in [-0.3, -0.25) is 0 Å². The topological polar surface area (TPSA) is 29.3 Å². The molecule has 0 bridgehead atoms. The highest BCUT2D eigenvalue weighted by molar-refractivity contribution is 5.49. The number of hydrogen-bond donors (Lipinski definition) is 1. The van der Waals surface area contributed by atoms with Gasteiger partial charge in [-0.1, -0.05) is 0 Å². The number of anilines is 1. The molecular formula is C12H17FN2. The maximum Gasteiger partial charge on any atom is 0.127 e. The van der Waals surface area contributed by atoms with Crippen LogP contribution in [0.15, 0.2) is 18.2 Å². The van der Waals surface area contributed by atoms with Crippen LogP contribution in [0.2, 0.25) is 0 Å². The van der Waals surface area contributed by atoms with Crippen LogP contribution in [-0.4, -0.2) is 13.1 Å². The number of benzene rings is 1. The SMILES string of the molecule is NCc1cc(N2CCCCC2)ccc1F. The van der Waals surface area contributed by atoms with Gasteiger partial charge in [-0.25, -0.2) is 4.39 Å². The molecular weight excluding hydrogens is 191 g/mol. The highest BCUT2D eigenvalue weighted by Crippen LogP contribution is 2.22. The van der Waals surface area contributed by atoms with Gasteiger partial charge >= 0.3 is 0 Å². The minimum Gasteiger partial charge on any atom is -0.372 e. The first-order valence-electron chi connectivity index (χ1n) is 5.54. The van der Waals surface area contributed by atoms with Gasteiger partial charge in [0.05, 0.1) is 0 Å². The minimum absolute atomic E-state index is 0.196. The molecule has 1 aliphatic rings. The summed E-state index contributed by atoms with van der Waals surface area (Å²) >= 11 is 0. The van der Waals surface area contributed by atoms with Crippen LogP contribution in [0.1, 0.15) is 24.8 Å². The van der Waals surface area contributed by atoms with Gasteiger partial charge in [-0.05, 0) is 37.5 Å². The summed E-state index contributed by atoms with van der Waals surface area (Å²) in [4.78, 5) is 2.31. The number of hydrogen-bond acceptors (Lipinski definition) is 2. The number of nitrogens with two attached hydrogens (primary N) is 1. The fourth-order valence-electron chi connectivity index (χ4n) is 2.07. The summed E-state index contributed by atoms with van der Waals surface area (Å²) in [5, 5.41) is 0. The van der Waals surface area contributed by atoms with Crippen LogP contribution in [0.25, 0.3) is 0 Å². The van der Waals surface area contributed by atoms with Crippen LogP contribution in [-0.2, 0) is 6.54 Å². The van der Waals surface area contributed by atoms with Crippen LogP contribution >= 0.6 is 0 Å². The first kappa shape index (κ1) is 10.4. The van der Waals surface area contributed by atoms with E-state index in [1.165, 1.54) is 25.3 Å². The molecule has 1 saturated heterocycles. The summed E-state index contributed by atoms with van der Waals surface area (Å²) in [5.41, 5.74) is 7.21. The maximum absolute atomic E-state index is 13.2. The van der Waals surface area contributed by atoms with Crippen molar-refractivity contribution in [2.24, 2.45) is 5.73 Å².